The monoisotopic (exact) mass is 1070 g/mol. The lowest BCUT2D eigenvalue weighted by atomic mass is 9.84. The fraction of sp³-hybridized carbons (Fsp3) is 0.404. The van der Waals surface area contributed by atoms with E-state index in [1.165, 1.54) is 23.9 Å². The number of hydrogen-bond donors (Lipinski definition) is 3. The number of rotatable bonds is 21. The number of likely N-dealkylation sites (N-methyl/N-ethyl adjacent to an activating group) is 1. The number of anilines is 2. The summed E-state index contributed by atoms with van der Waals surface area (Å²) in [6.45, 7) is 16.3. The molecule has 0 unspecified atom stereocenters. The van der Waals surface area contributed by atoms with E-state index in [9.17, 15) is 39.9 Å². The topological polar surface area (TPSA) is 145 Å². The number of aliphatic hydroxyl groups is 1. The van der Waals surface area contributed by atoms with E-state index in [0.717, 1.165) is 39.4 Å². The number of sulfone groups is 1. The predicted octanol–water partition coefficient (Wildman–Crippen LogP) is 11.7. The Morgan fingerprint density at radius 3 is 2.14 bits per heavy atom. The molecule has 19 heteroatoms. The fourth-order valence-corrected chi connectivity index (χ4v) is 12.3. The first-order valence-corrected chi connectivity index (χ1v) is 30.8. The number of amides is 1. The quantitative estimate of drug-likeness (QED) is 0.0477. The van der Waals surface area contributed by atoms with Crippen LogP contribution in [0.3, 0.4) is 0 Å². The summed E-state index contributed by atoms with van der Waals surface area (Å²) in [5, 5.41) is 15.2. The van der Waals surface area contributed by atoms with Gasteiger partial charge in [0.15, 0.2) is 0 Å². The van der Waals surface area contributed by atoms with Crippen molar-refractivity contribution < 1.29 is 44.3 Å². The zero-order chi connectivity index (χ0) is 51.8. The van der Waals surface area contributed by atoms with Gasteiger partial charge in [0.05, 0.1) is 16.7 Å². The molecule has 0 saturated carbocycles. The van der Waals surface area contributed by atoms with Gasteiger partial charge >= 0.3 is 5.51 Å². The third-order valence-electron chi connectivity index (χ3n) is 13.5. The first kappa shape index (κ1) is 55.9. The van der Waals surface area contributed by atoms with E-state index in [1.807, 2.05) is 90.5 Å². The zero-order valence-corrected chi connectivity index (χ0v) is 45.1. The molecule has 1 aliphatic heterocycles. The van der Waals surface area contributed by atoms with Crippen LogP contribution in [0.4, 0.5) is 24.5 Å². The number of carbonyl (C=O) groups is 1. The maximum Gasteiger partial charge on any atom is 0.501 e. The van der Waals surface area contributed by atoms with E-state index in [4.69, 9.17) is 16.0 Å². The normalized spacial score (nSPS) is 15.1. The van der Waals surface area contributed by atoms with E-state index >= 15 is 0 Å². The molecule has 385 valence electrons. The lowest BCUT2D eigenvalue weighted by molar-refractivity contribution is -0.0435. The highest BCUT2D eigenvalue weighted by Crippen LogP contribution is 2.40. The van der Waals surface area contributed by atoms with E-state index < -0.39 is 67.2 Å². The minimum absolute atomic E-state index is 0.0217. The number of nitrogens with zero attached hydrogens (tertiary/aromatic N) is 2. The van der Waals surface area contributed by atoms with E-state index in [2.05, 4.69) is 49.0 Å². The molecule has 0 aromatic heterocycles. The molecule has 1 amide bonds. The molecule has 0 bridgehead atoms. The Kier molecular flexibility index (Phi) is 18.6. The van der Waals surface area contributed by atoms with Crippen molar-refractivity contribution >= 4 is 68.8 Å². The molecule has 0 aliphatic carbocycles. The Labute approximate surface area is 427 Å². The fourth-order valence-electron chi connectivity index (χ4n) is 8.12. The summed E-state index contributed by atoms with van der Waals surface area (Å²) in [6, 6.07) is 32.6. The molecule has 11 nitrogen and oxygen atoms in total. The highest BCUT2D eigenvalue weighted by atomic mass is 35.5. The first-order chi connectivity index (χ1) is 33.4. The van der Waals surface area contributed by atoms with Gasteiger partial charge in [0.2, 0.25) is 0 Å². The molecule has 1 heterocycles. The number of hydrogen-bond acceptors (Lipinski definition) is 11. The maximum absolute atomic E-state index is 14.3. The largest absolute Gasteiger partial charge is 0.564 e. The van der Waals surface area contributed by atoms with Crippen molar-refractivity contribution in [3.8, 4) is 11.1 Å². The summed E-state index contributed by atoms with van der Waals surface area (Å²) < 4.78 is 105. The van der Waals surface area contributed by atoms with Crippen LogP contribution in [-0.2, 0) is 24.3 Å². The highest BCUT2D eigenvalue weighted by molar-refractivity contribution is 7.99. The smallest absolute Gasteiger partial charge is 0.501 e. The van der Waals surface area contributed by atoms with Crippen molar-refractivity contribution in [2.45, 2.75) is 97.4 Å². The van der Waals surface area contributed by atoms with Gasteiger partial charge in [-0.15, -0.1) is 29.9 Å². The number of alkyl halides is 3. The maximum atomic E-state index is 14.3. The van der Waals surface area contributed by atoms with Crippen LogP contribution in [0.25, 0.3) is 11.1 Å². The number of aliphatic hydroxyl groups excluding tert-OH is 1. The van der Waals surface area contributed by atoms with Crippen molar-refractivity contribution in [1.82, 2.24) is 9.62 Å². The molecular formula is C52H64ClF3N4O7S3Si-. The van der Waals surface area contributed by atoms with Crippen LogP contribution in [0.5, 0.6) is 0 Å². The first-order valence-electron chi connectivity index (χ1n) is 23.6. The molecule has 3 N–H and O–H groups in total. The van der Waals surface area contributed by atoms with Crippen molar-refractivity contribution in [2.75, 3.05) is 55.3 Å². The summed E-state index contributed by atoms with van der Waals surface area (Å²) >= 11 is 7.55. The SMILES string of the molecule is CCN(CCO[Si-](C)(C)C(C)(C)C)CC[C@H](CSc1ccccc1)Nc1ccc(S(=O)(=O)NC(=O)c2ccc(N3CCC([C@@H](O)c4ccccc4-c4ccc(Cl)cc4)CC3)cc2)cc1S(=O)(=O)C(F)(F)F. The summed E-state index contributed by atoms with van der Waals surface area (Å²) in [6.07, 6.45) is 1.04. The van der Waals surface area contributed by atoms with Crippen LogP contribution >= 0.6 is 23.4 Å². The lowest BCUT2D eigenvalue weighted by Gasteiger charge is -2.48. The van der Waals surface area contributed by atoms with Crippen LogP contribution in [0.1, 0.15) is 69.0 Å². The minimum Gasteiger partial charge on any atom is -0.564 e. The Hall–Kier alpha value is -4.40. The van der Waals surface area contributed by atoms with Gasteiger partial charge in [0.25, 0.3) is 25.8 Å². The summed E-state index contributed by atoms with van der Waals surface area (Å²) in [7, 11) is -13.0. The van der Waals surface area contributed by atoms with Crippen LogP contribution < -0.4 is 14.9 Å². The van der Waals surface area contributed by atoms with Crippen molar-refractivity contribution in [2.24, 2.45) is 5.92 Å². The van der Waals surface area contributed by atoms with Crippen LogP contribution in [0.15, 0.2) is 136 Å². The second-order valence-electron chi connectivity index (χ2n) is 19.2. The van der Waals surface area contributed by atoms with Gasteiger partial charge in [-0.2, -0.15) is 13.2 Å². The molecule has 5 aromatic carbocycles. The zero-order valence-electron chi connectivity index (χ0n) is 40.9. The molecule has 0 radical (unpaired) electrons. The van der Waals surface area contributed by atoms with E-state index in [0.29, 0.717) is 75.4 Å². The summed E-state index contributed by atoms with van der Waals surface area (Å²) in [4.78, 5) is 16.4. The molecule has 1 saturated heterocycles. The Morgan fingerprint density at radius 1 is 0.887 bits per heavy atom. The highest BCUT2D eigenvalue weighted by Gasteiger charge is 2.48. The molecule has 5 aromatic rings. The van der Waals surface area contributed by atoms with E-state index in [1.54, 1.807) is 12.1 Å². The third-order valence-corrected chi connectivity index (χ3v) is 22.3. The molecule has 0 spiro atoms. The van der Waals surface area contributed by atoms with Crippen molar-refractivity contribution in [3.05, 3.63) is 137 Å². The lowest BCUT2D eigenvalue weighted by Crippen LogP contribution is -2.43. The number of benzene rings is 5. The average Bonchev–Trinajstić information content (AvgIpc) is 3.33. The van der Waals surface area contributed by atoms with Crippen LogP contribution in [0, 0.1) is 5.92 Å². The number of carbonyl (C=O) groups excluding carboxylic acids is 1. The van der Waals surface area contributed by atoms with Gasteiger partial charge in [0, 0.05) is 65.7 Å². The Morgan fingerprint density at radius 2 is 1.52 bits per heavy atom. The molecular weight excluding hydrogens is 1010 g/mol. The van der Waals surface area contributed by atoms with Gasteiger partial charge in [-0.3, -0.25) is 4.79 Å². The van der Waals surface area contributed by atoms with Gasteiger partial charge in [-0.05, 0) is 123 Å². The minimum atomic E-state index is -6.10. The van der Waals surface area contributed by atoms with Gasteiger partial charge in [-0.25, -0.2) is 21.6 Å². The summed E-state index contributed by atoms with van der Waals surface area (Å²) in [5.74, 6) is -0.745. The summed E-state index contributed by atoms with van der Waals surface area (Å²) in [5.41, 5.74) is -2.77. The Balaban J connectivity index is 1.14. The molecule has 2 atom stereocenters. The second-order valence-corrected chi connectivity index (χ2v) is 29.2. The molecule has 6 rings (SSSR count). The standard InChI is InChI=1S/C52H64ClF3N4O7S3Si/c1-7-59(33-34-67-71(5,6)51(2,3)4)30-29-41(36-68-43-13-9-8-10-14-43)57-47-26-25-44(35-48(47)69(63,64)52(54,55)56)70(65,66)58-50(62)39-19-23-42(24-20-39)60-31-27-38(28-32-60)49(61)46-16-12-11-15-45(46)37-17-21-40(53)22-18-37/h8-26,35,38,41,49,57,61H,7,27-34,36H2,1-6H3,(H,58,62)/q-1/t41-,49-/m1/s1. The van der Waals surface area contributed by atoms with Crippen molar-refractivity contribution in [1.29, 1.82) is 0 Å². The molecule has 71 heavy (non-hydrogen) atoms. The average molecular weight is 1070 g/mol. The number of thioether (sulfide) groups is 1. The number of sulfonamides is 1. The van der Waals surface area contributed by atoms with Crippen LogP contribution in [-0.4, -0.2) is 97.7 Å². The number of nitrogens with one attached hydrogen (secondary N) is 2. The van der Waals surface area contributed by atoms with Gasteiger partial charge < -0.3 is 24.6 Å². The Bertz CT molecular complexity index is 2790. The second kappa shape index (κ2) is 23.6. The number of piperidine rings is 1. The van der Waals surface area contributed by atoms with Crippen LogP contribution in [0.2, 0.25) is 23.2 Å². The van der Waals surface area contributed by atoms with Crippen molar-refractivity contribution in [3.63, 3.8) is 0 Å². The third kappa shape index (κ3) is 14.4. The molecule has 1 aliphatic rings. The van der Waals surface area contributed by atoms with E-state index in [-0.39, 0.29) is 16.5 Å². The number of halogens is 4. The van der Waals surface area contributed by atoms with Gasteiger partial charge in [-0.1, -0.05) is 93.9 Å². The molecule has 1 fully saturated rings. The predicted molar refractivity (Wildman–Crippen MR) is 282 cm³/mol. The van der Waals surface area contributed by atoms with Gasteiger partial charge in [0.1, 0.15) is 4.90 Å².